The van der Waals surface area contributed by atoms with Crippen LogP contribution in [-0.4, -0.2) is 34.4 Å². The van der Waals surface area contributed by atoms with Crippen molar-refractivity contribution in [3.63, 3.8) is 0 Å². The summed E-state index contributed by atoms with van der Waals surface area (Å²) >= 11 is 6.13. The lowest BCUT2D eigenvalue weighted by Gasteiger charge is -2.33. The molecule has 1 aliphatic heterocycles. The Morgan fingerprint density at radius 1 is 1.73 bits per heavy atom. The molecule has 1 fully saturated rings. The fraction of sp³-hybridized carbons (Fsp3) is 0.600. The van der Waals surface area contributed by atoms with Crippen molar-refractivity contribution < 1.29 is 9.32 Å². The van der Waals surface area contributed by atoms with E-state index in [1.54, 1.807) is 11.0 Å². The molecule has 0 N–H and O–H groups in total. The van der Waals surface area contributed by atoms with Crippen molar-refractivity contribution in [2.75, 3.05) is 13.1 Å². The first-order valence-electron chi connectivity index (χ1n) is 5.02. The van der Waals surface area contributed by atoms with Gasteiger partial charge in [0.25, 0.3) is 5.91 Å². The van der Waals surface area contributed by atoms with E-state index in [9.17, 15) is 4.79 Å². The lowest BCUT2D eigenvalue weighted by atomic mass is 9.98. The van der Waals surface area contributed by atoms with Gasteiger partial charge in [-0.1, -0.05) is 12.1 Å². The first-order chi connectivity index (χ1) is 7.18. The first kappa shape index (κ1) is 10.5. The van der Waals surface area contributed by atoms with Gasteiger partial charge in [-0.05, 0) is 12.3 Å². The number of amides is 1. The van der Waals surface area contributed by atoms with E-state index in [4.69, 9.17) is 11.6 Å². The maximum atomic E-state index is 11.9. The van der Waals surface area contributed by atoms with Crippen molar-refractivity contribution in [3.05, 3.63) is 18.0 Å². The van der Waals surface area contributed by atoms with Crippen LogP contribution in [0.4, 0.5) is 0 Å². The van der Waals surface area contributed by atoms with Gasteiger partial charge in [0.2, 0.25) is 0 Å². The molecule has 2 heterocycles. The highest BCUT2D eigenvalue weighted by Crippen LogP contribution is 2.22. The number of carbonyl (C=O) groups is 1. The summed E-state index contributed by atoms with van der Waals surface area (Å²) in [5, 5.41) is 3.66. The Morgan fingerprint density at radius 3 is 3.13 bits per heavy atom. The van der Waals surface area contributed by atoms with Crippen molar-refractivity contribution in [2.45, 2.75) is 18.7 Å². The smallest absolute Gasteiger partial charge is 0.276 e. The minimum absolute atomic E-state index is 0.0367. The van der Waals surface area contributed by atoms with Crippen LogP contribution in [0.15, 0.2) is 16.9 Å². The van der Waals surface area contributed by atoms with E-state index in [0.717, 1.165) is 13.0 Å². The molecule has 2 unspecified atom stereocenters. The Hall–Kier alpha value is -1.03. The average molecular weight is 229 g/mol. The zero-order chi connectivity index (χ0) is 10.8. The quantitative estimate of drug-likeness (QED) is 0.689. The number of alkyl halides is 1. The van der Waals surface area contributed by atoms with Gasteiger partial charge < -0.3 is 9.42 Å². The van der Waals surface area contributed by atoms with E-state index in [0.29, 0.717) is 18.2 Å². The summed E-state index contributed by atoms with van der Waals surface area (Å²) in [7, 11) is 0. The monoisotopic (exact) mass is 228 g/mol. The molecular weight excluding hydrogens is 216 g/mol. The molecule has 1 saturated heterocycles. The SMILES string of the molecule is CC1CCN(C(=O)c2ccon2)CC1Cl. The van der Waals surface area contributed by atoms with Gasteiger partial charge in [-0.2, -0.15) is 0 Å². The van der Waals surface area contributed by atoms with Crippen LogP contribution in [0.2, 0.25) is 0 Å². The molecule has 1 aliphatic rings. The van der Waals surface area contributed by atoms with Gasteiger partial charge in [-0.3, -0.25) is 4.79 Å². The molecule has 1 amide bonds. The van der Waals surface area contributed by atoms with Crippen LogP contribution in [0.3, 0.4) is 0 Å². The topological polar surface area (TPSA) is 46.3 Å². The van der Waals surface area contributed by atoms with Crippen molar-refractivity contribution in [1.82, 2.24) is 10.1 Å². The maximum Gasteiger partial charge on any atom is 0.276 e. The van der Waals surface area contributed by atoms with E-state index in [1.165, 1.54) is 6.26 Å². The number of hydrogen-bond donors (Lipinski definition) is 0. The molecule has 0 spiro atoms. The Morgan fingerprint density at radius 2 is 2.53 bits per heavy atom. The molecule has 0 aliphatic carbocycles. The van der Waals surface area contributed by atoms with Gasteiger partial charge >= 0.3 is 0 Å². The summed E-state index contributed by atoms with van der Waals surface area (Å²) in [4.78, 5) is 13.6. The molecular formula is C10H13ClN2O2. The van der Waals surface area contributed by atoms with Crippen LogP contribution in [0.1, 0.15) is 23.8 Å². The van der Waals surface area contributed by atoms with Gasteiger partial charge in [0, 0.05) is 19.2 Å². The Labute approximate surface area is 93.2 Å². The normalized spacial score (nSPS) is 26.7. The molecule has 82 valence electrons. The van der Waals surface area contributed by atoms with Crippen LogP contribution in [0.5, 0.6) is 0 Å². The molecule has 15 heavy (non-hydrogen) atoms. The fourth-order valence-corrected chi connectivity index (χ4v) is 1.98. The number of likely N-dealkylation sites (tertiary alicyclic amines) is 1. The van der Waals surface area contributed by atoms with Crippen molar-refractivity contribution in [3.8, 4) is 0 Å². The standard InChI is InChI=1S/C10H13ClN2O2/c1-7-2-4-13(6-8(7)11)10(14)9-3-5-15-12-9/h3,5,7-8H,2,4,6H2,1H3. The number of nitrogens with zero attached hydrogens (tertiary/aromatic N) is 2. The van der Waals surface area contributed by atoms with E-state index in [1.807, 2.05) is 0 Å². The van der Waals surface area contributed by atoms with Crippen molar-refractivity contribution in [2.24, 2.45) is 5.92 Å². The second-order valence-electron chi connectivity index (χ2n) is 3.92. The molecule has 1 aromatic heterocycles. The lowest BCUT2D eigenvalue weighted by Crippen LogP contribution is -2.43. The second-order valence-corrected chi connectivity index (χ2v) is 4.48. The van der Waals surface area contributed by atoms with E-state index in [2.05, 4.69) is 16.6 Å². The number of aromatic nitrogens is 1. The van der Waals surface area contributed by atoms with Crippen LogP contribution in [-0.2, 0) is 0 Å². The number of piperidine rings is 1. The Balaban J connectivity index is 2.03. The van der Waals surface area contributed by atoms with Crippen LogP contribution >= 0.6 is 11.6 Å². The summed E-state index contributed by atoms with van der Waals surface area (Å²) in [6, 6.07) is 1.57. The average Bonchev–Trinajstić information content (AvgIpc) is 2.74. The van der Waals surface area contributed by atoms with Gasteiger partial charge in [0.05, 0.1) is 5.38 Å². The third-order valence-electron chi connectivity index (χ3n) is 2.81. The summed E-state index contributed by atoms with van der Waals surface area (Å²) in [6.07, 6.45) is 2.34. The molecule has 1 aromatic rings. The number of hydrogen-bond acceptors (Lipinski definition) is 3. The second kappa shape index (κ2) is 4.23. The summed E-state index contributed by atoms with van der Waals surface area (Å²) in [5.41, 5.74) is 0.355. The van der Waals surface area contributed by atoms with Crippen LogP contribution in [0, 0.1) is 5.92 Å². The van der Waals surface area contributed by atoms with Crippen LogP contribution < -0.4 is 0 Å². The van der Waals surface area contributed by atoms with E-state index in [-0.39, 0.29) is 11.3 Å². The predicted molar refractivity (Wildman–Crippen MR) is 55.8 cm³/mol. The van der Waals surface area contributed by atoms with Gasteiger partial charge in [-0.15, -0.1) is 11.6 Å². The zero-order valence-corrected chi connectivity index (χ0v) is 9.28. The number of halogens is 1. The predicted octanol–water partition coefficient (Wildman–Crippen LogP) is 1.76. The van der Waals surface area contributed by atoms with Crippen molar-refractivity contribution >= 4 is 17.5 Å². The number of rotatable bonds is 1. The largest absolute Gasteiger partial charge is 0.364 e. The molecule has 4 nitrogen and oxygen atoms in total. The van der Waals surface area contributed by atoms with Gasteiger partial charge in [0.15, 0.2) is 5.69 Å². The highest BCUT2D eigenvalue weighted by molar-refractivity contribution is 6.21. The lowest BCUT2D eigenvalue weighted by molar-refractivity contribution is 0.0691. The third-order valence-corrected chi connectivity index (χ3v) is 3.38. The molecule has 0 bridgehead atoms. The summed E-state index contributed by atoms with van der Waals surface area (Å²) < 4.78 is 4.64. The zero-order valence-electron chi connectivity index (χ0n) is 8.52. The minimum atomic E-state index is -0.0960. The van der Waals surface area contributed by atoms with Gasteiger partial charge in [0.1, 0.15) is 6.26 Å². The van der Waals surface area contributed by atoms with E-state index >= 15 is 0 Å². The molecule has 5 heteroatoms. The molecule has 2 atom stereocenters. The summed E-state index contributed by atoms with van der Waals surface area (Å²) in [6.45, 7) is 3.44. The molecule has 0 saturated carbocycles. The maximum absolute atomic E-state index is 11.9. The first-order valence-corrected chi connectivity index (χ1v) is 5.46. The van der Waals surface area contributed by atoms with Gasteiger partial charge in [-0.25, -0.2) is 0 Å². The Kier molecular flexibility index (Phi) is 2.95. The molecule has 2 rings (SSSR count). The third kappa shape index (κ3) is 2.15. The molecule has 0 aromatic carbocycles. The van der Waals surface area contributed by atoms with Crippen LogP contribution in [0.25, 0.3) is 0 Å². The number of carbonyl (C=O) groups excluding carboxylic acids is 1. The van der Waals surface area contributed by atoms with Crippen molar-refractivity contribution in [1.29, 1.82) is 0 Å². The molecule has 0 radical (unpaired) electrons. The highest BCUT2D eigenvalue weighted by atomic mass is 35.5. The highest BCUT2D eigenvalue weighted by Gasteiger charge is 2.28. The summed E-state index contributed by atoms with van der Waals surface area (Å²) in [5.74, 6) is 0.370. The van der Waals surface area contributed by atoms with E-state index < -0.39 is 0 Å². The Bertz CT molecular complexity index is 339. The fourth-order valence-electron chi connectivity index (χ4n) is 1.69. The minimum Gasteiger partial charge on any atom is -0.364 e.